The van der Waals surface area contributed by atoms with Crippen molar-refractivity contribution in [1.82, 2.24) is 4.72 Å². The molecule has 23 heavy (non-hydrogen) atoms. The van der Waals surface area contributed by atoms with Crippen LogP contribution in [0.3, 0.4) is 0 Å². The summed E-state index contributed by atoms with van der Waals surface area (Å²) in [6, 6.07) is 14.9. The second-order valence-corrected chi connectivity index (χ2v) is 7.77. The predicted molar refractivity (Wildman–Crippen MR) is 88.4 cm³/mol. The molecule has 6 heteroatoms. The molecule has 1 saturated carbocycles. The van der Waals surface area contributed by atoms with E-state index in [4.69, 9.17) is 16.9 Å². The Hall–Kier alpha value is -1.87. The first-order chi connectivity index (χ1) is 11.0. The van der Waals surface area contributed by atoms with Gasteiger partial charge in [0.25, 0.3) is 0 Å². The maximum absolute atomic E-state index is 12.6. The fraction of sp³-hybridized carbons (Fsp3) is 0.235. The molecule has 2 aromatic carbocycles. The van der Waals surface area contributed by atoms with E-state index in [-0.39, 0.29) is 10.9 Å². The monoisotopic (exact) mass is 346 g/mol. The van der Waals surface area contributed by atoms with Gasteiger partial charge in [-0.2, -0.15) is 5.26 Å². The van der Waals surface area contributed by atoms with Crippen LogP contribution in [0.15, 0.2) is 53.4 Å². The Labute approximate surface area is 140 Å². The molecule has 0 heterocycles. The lowest BCUT2D eigenvalue weighted by atomic mass is 10.0. The number of hydrogen-bond donors (Lipinski definition) is 1. The van der Waals surface area contributed by atoms with Crippen molar-refractivity contribution < 1.29 is 8.42 Å². The molecule has 1 aliphatic rings. The summed E-state index contributed by atoms with van der Waals surface area (Å²) in [4.78, 5) is 0.163. The highest BCUT2D eigenvalue weighted by molar-refractivity contribution is 7.89. The fourth-order valence-corrected chi connectivity index (χ4v) is 3.90. The van der Waals surface area contributed by atoms with Gasteiger partial charge in [-0.3, -0.25) is 0 Å². The highest BCUT2D eigenvalue weighted by Crippen LogP contribution is 2.42. The SMILES string of the molecule is N#Cc1ccc(S(=O)(=O)NC(c2ccc(Cl)cc2)C2CC2)cc1. The third-order valence-electron chi connectivity index (χ3n) is 3.90. The number of benzene rings is 2. The topological polar surface area (TPSA) is 70.0 Å². The number of sulfonamides is 1. The van der Waals surface area contributed by atoms with Crippen molar-refractivity contribution >= 4 is 21.6 Å². The van der Waals surface area contributed by atoms with E-state index in [1.165, 1.54) is 24.3 Å². The van der Waals surface area contributed by atoms with Crippen molar-refractivity contribution in [1.29, 1.82) is 5.26 Å². The van der Waals surface area contributed by atoms with Gasteiger partial charge in [-0.1, -0.05) is 23.7 Å². The van der Waals surface area contributed by atoms with Crippen molar-refractivity contribution in [2.24, 2.45) is 5.92 Å². The first-order valence-electron chi connectivity index (χ1n) is 7.27. The molecular formula is C17H15ClN2O2S. The molecule has 0 aliphatic heterocycles. The zero-order chi connectivity index (χ0) is 16.4. The molecule has 0 aromatic heterocycles. The third kappa shape index (κ3) is 3.73. The molecule has 1 N–H and O–H groups in total. The fourth-order valence-electron chi connectivity index (χ4n) is 2.48. The Morgan fingerprint density at radius 1 is 1.09 bits per heavy atom. The first kappa shape index (κ1) is 16.0. The van der Waals surface area contributed by atoms with Crippen LogP contribution in [-0.2, 0) is 10.0 Å². The molecule has 0 amide bonds. The van der Waals surface area contributed by atoms with Crippen LogP contribution in [0.5, 0.6) is 0 Å². The lowest BCUT2D eigenvalue weighted by Crippen LogP contribution is -2.30. The Morgan fingerprint density at radius 3 is 2.22 bits per heavy atom. The summed E-state index contributed by atoms with van der Waals surface area (Å²) in [5, 5.41) is 9.43. The van der Waals surface area contributed by atoms with E-state index >= 15 is 0 Å². The van der Waals surface area contributed by atoms with Crippen molar-refractivity contribution in [2.45, 2.75) is 23.8 Å². The van der Waals surface area contributed by atoms with Crippen molar-refractivity contribution in [3.63, 3.8) is 0 Å². The molecule has 1 atom stereocenters. The minimum absolute atomic E-state index is 0.163. The maximum Gasteiger partial charge on any atom is 0.241 e. The van der Waals surface area contributed by atoms with Crippen molar-refractivity contribution in [3.8, 4) is 6.07 Å². The molecule has 4 nitrogen and oxygen atoms in total. The smallest absolute Gasteiger partial charge is 0.207 e. The van der Waals surface area contributed by atoms with Gasteiger partial charge in [0.2, 0.25) is 10.0 Å². The quantitative estimate of drug-likeness (QED) is 0.898. The Morgan fingerprint density at radius 2 is 1.70 bits per heavy atom. The highest BCUT2D eigenvalue weighted by atomic mass is 35.5. The van der Waals surface area contributed by atoms with E-state index < -0.39 is 10.0 Å². The summed E-state index contributed by atoms with van der Waals surface area (Å²) in [6.45, 7) is 0. The maximum atomic E-state index is 12.6. The minimum atomic E-state index is -3.64. The van der Waals surface area contributed by atoms with Crippen LogP contribution in [-0.4, -0.2) is 8.42 Å². The molecule has 1 unspecified atom stereocenters. The van der Waals surface area contributed by atoms with E-state index in [0.717, 1.165) is 18.4 Å². The molecule has 0 spiro atoms. The summed E-state index contributed by atoms with van der Waals surface area (Å²) >= 11 is 5.90. The van der Waals surface area contributed by atoms with Crippen molar-refractivity contribution in [3.05, 3.63) is 64.7 Å². The summed E-state index contributed by atoms with van der Waals surface area (Å²) in [5.74, 6) is 0.310. The van der Waals surface area contributed by atoms with E-state index in [9.17, 15) is 8.42 Å². The Kier molecular flexibility index (Phi) is 4.40. The number of nitriles is 1. The van der Waals surface area contributed by atoms with Crippen LogP contribution in [0, 0.1) is 17.2 Å². The number of halogens is 1. The number of nitrogens with one attached hydrogen (secondary N) is 1. The molecular weight excluding hydrogens is 332 g/mol. The van der Waals surface area contributed by atoms with Gasteiger partial charge in [-0.25, -0.2) is 13.1 Å². The van der Waals surface area contributed by atoms with Gasteiger partial charge in [0.05, 0.1) is 16.5 Å². The largest absolute Gasteiger partial charge is 0.241 e. The van der Waals surface area contributed by atoms with E-state index in [1.54, 1.807) is 12.1 Å². The standard InChI is InChI=1S/C17H15ClN2O2S/c18-15-7-5-14(6-8-15)17(13-3-4-13)20-23(21,22)16-9-1-12(11-19)2-10-16/h1-2,5-10,13,17,20H,3-4H2. The first-order valence-corrected chi connectivity index (χ1v) is 9.14. The van der Waals surface area contributed by atoms with Gasteiger partial charge in [-0.05, 0) is 60.7 Å². The van der Waals surface area contributed by atoms with Crippen LogP contribution in [0.1, 0.15) is 30.0 Å². The van der Waals surface area contributed by atoms with Gasteiger partial charge in [0.15, 0.2) is 0 Å². The van der Waals surface area contributed by atoms with Gasteiger partial charge in [-0.15, -0.1) is 0 Å². The molecule has 1 fully saturated rings. The average Bonchev–Trinajstić information content (AvgIpc) is 3.38. The van der Waals surface area contributed by atoms with Crippen molar-refractivity contribution in [2.75, 3.05) is 0 Å². The van der Waals surface area contributed by atoms with Crippen LogP contribution < -0.4 is 4.72 Å². The number of hydrogen-bond acceptors (Lipinski definition) is 3. The molecule has 0 saturated heterocycles. The third-order valence-corrected chi connectivity index (χ3v) is 5.61. The van der Waals surface area contributed by atoms with E-state index in [1.807, 2.05) is 18.2 Å². The Balaban J connectivity index is 1.87. The highest BCUT2D eigenvalue weighted by Gasteiger charge is 2.35. The van der Waals surface area contributed by atoms with Crippen LogP contribution in [0.4, 0.5) is 0 Å². The lowest BCUT2D eigenvalue weighted by molar-refractivity contribution is 0.529. The summed E-state index contributed by atoms with van der Waals surface area (Å²) in [5.41, 5.74) is 1.34. The Bertz CT molecular complexity index is 836. The molecule has 2 aromatic rings. The molecule has 0 bridgehead atoms. The van der Waals surface area contributed by atoms with Crippen LogP contribution in [0.2, 0.25) is 5.02 Å². The van der Waals surface area contributed by atoms with Crippen LogP contribution in [0.25, 0.3) is 0 Å². The average molecular weight is 347 g/mol. The summed E-state index contributed by atoms with van der Waals surface area (Å²) in [7, 11) is -3.64. The van der Waals surface area contributed by atoms with Gasteiger partial charge in [0.1, 0.15) is 0 Å². The van der Waals surface area contributed by atoms with Gasteiger partial charge >= 0.3 is 0 Å². The van der Waals surface area contributed by atoms with Gasteiger partial charge < -0.3 is 0 Å². The van der Waals surface area contributed by atoms with E-state index in [2.05, 4.69) is 4.72 Å². The van der Waals surface area contributed by atoms with E-state index in [0.29, 0.717) is 16.5 Å². The molecule has 118 valence electrons. The molecule has 1 aliphatic carbocycles. The summed E-state index contributed by atoms with van der Waals surface area (Å²) in [6.07, 6.45) is 2.01. The second kappa shape index (κ2) is 6.32. The predicted octanol–water partition coefficient (Wildman–Crippen LogP) is 3.64. The number of nitrogens with zero attached hydrogens (tertiary/aromatic N) is 1. The second-order valence-electron chi connectivity index (χ2n) is 5.62. The minimum Gasteiger partial charge on any atom is -0.207 e. The van der Waals surface area contributed by atoms with Gasteiger partial charge in [0, 0.05) is 11.1 Å². The van der Waals surface area contributed by atoms with Crippen LogP contribution >= 0.6 is 11.6 Å². The zero-order valence-electron chi connectivity index (χ0n) is 12.2. The zero-order valence-corrected chi connectivity index (χ0v) is 13.8. The lowest BCUT2D eigenvalue weighted by Gasteiger charge is -2.19. The molecule has 3 rings (SSSR count). The molecule has 0 radical (unpaired) electrons. The number of rotatable bonds is 5. The normalized spacial score (nSPS) is 15.8. The summed E-state index contributed by atoms with van der Waals surface area (Å²) < 4.78 is 28.0.